The van der Waals surface area contributed by atoms with E-state index in [4.69, 9.17) is 8.83 Å². The number of furan rings is 2. The first-order valence-electron chi connectivity index (χ1n) is 18.3. The second-order valence-corrected chi connectivity index (χ2v) is 14.2. The molecule has 266 valence electrons. The Balaban J connectivity index is 1.19. The van der Waals surface area contributed by atoms with Gasteiger partial charge in [0.05, 0.1) is 49.8 Å². The number of fused-ring (bicyclic) bond motifs is 14. The molecule has 56 heavy (non-hydrogen) atoms. The van der Waals surface area contributed by atoms with Crippen molar-refractivity contribution >= 4 is 87.5 Å². The SMILES string of the molecule is FC(F)(F)c1ccc(-n2c3ccccc3c3c4oc5ccccc5c4ccc32)c(-c2cnccc2-n2c3ccccc3c3c4oc5ccccc5c4ccc32)c1. The van der Waals surface area contributed by atoms with Gasteiger partial charge < -0.3 is 18.0 Å². The predicted molar refractivity (Wildman–Crippen MR) is 218 cm³/mol. The van der Waals surface area contributed by atoms with Crippen molar-refractivity contribution in [3.63, 3.8) is 0 Å². The van der Waals surface area contributed by atoms with Crippen LogP contribution in [0.1, 0.15) is 5.56 Å². The van der Waals surface area contributed by atoms with E-state index < -0.39 is 11.7 Å². The molecule has 0 N–H and O–H groups in total. The van der Waals surface area contributed by atoms with E-state index in [0.29, 0.717) is 22.5 Å². The van der Waals surface area contributed by atoms with Gasteiger partial charge in [0.1, 0.15) is 22.3 Å². The van der Waals surface area contributed by atoms with Crippen LogP contribution in [0.25, 0.3) is 110 Å². The quantitative estimate of drug-likeness (QED) is 0.182. The van der Waals surface area contributed by atoms with Crippen molar-refractivity contribution in [3.8, 4) is 22.5 Å². The van der Waals surface area contributed by atoms with Crippen molar-refractivity contribution in [1.29, 1.82) is 0 Å². The van der Waals surface area contributed by atoms with E-state index >= 15 is 0 Å². The molecule has 0 unspecified atom stereocenters. The van der Waals surface area contributed by atoms with Crippen LogP contribution < -0.4 is 0 Å². The van der Waals surface area contributed by atoms with E-state index in [9.17, 15) is 13.2 Å². The highest BCUT2D eigenvalue weighted by Crippen LogP contribution is 2.46. The fraction of sp³-hybridized carbons (Fsp3) is 0.0208. The van der Waals surface area contributed by atoms with Gasteiger partial charge >= 0.3 is 6.18 Å². The second kappa shape index (κ2) is 11.1. The van der Waals surface area contributed by atoms with Gasteiger partial charge in [-0.1, -0.05) is 72.8 Å². The van der Waals surface area contributed by atoms with Crippen LogP contribution >= 0.6 is 0 Å². The van der Waals surface area contributed by atoms with Crippen molar-refractivity contribution in [3.05, 3.63) is 164 Å². The number of benzene rings is 7. The predicted octanol–water partition coefficient (Wildman–Crippen LogP) is 13.8. The van der Waals surface area contributed by atoms with Gasteiger partial charge in [0.2, 0.25) is 0 Å². The molecule has 0 radical (unpaired) electrons. The molecule has 0 aliphatic rings. The Labute approximate surface area is 315 Å². The molecule has 8 heteroatoms. The average molecular weight is 734 g/mol. The molecule has 0 atom stereocenters. The normalized spacial score (nSPS) is 12.6. The van der Waals surface area contributed by atoms with Crippen LogP contribution in [-0.2, 0) is 6.18 Å². The highest BCUT2D eigenvalue weighted by atomic mass is 19.4. The van der Waals surface area contributed by atoms with Crippen LogP contribution in [0.3, 0.4) is 0 Å². The van der Waals surface area contributed by atoms with Crippen molar-refractivity contribution in [1.82, 2.24) is 14.1 Å². The van der Waals surface area contributed by atoms with Gasteiger partial charge in [-0.2, -0.15) is 13.2 Å². The minimum Gasteiger partial charge on any atom is -0.455 e. The van der Waals surface area contributed by atoms with Crippen LogP contribution in [0, 0.1) is 0 Å². The number of alkyl halides is 3. The van der Waals surface area contributed by atoms with Gasteiger partial charge in [0.15, 0.2) is 0 Å². The van der Waals surface area contributed by atoms with Crippen molar-refractivity contribution in [2.45, 2.75) is 6.18 Å². The van der Waals surface area contributed by atoms with Gasteiger partial charge in [-0.3, -0.25) is 4.98 Å². The third-order valence-electron chi connectivity index (χ3n) is 11.3. The lowest BCUT2D eigenvalue weighted by atomic mass is 9.99. The number of rotatable bonds is 3. The van der Waals surface area contributed by atoms with Gasteiger partial charge in [-0.25, -0.2) is 0 Å². The van der Waals surface area contributed by atoms with Crippen molar-refractivity contribution in [2.75, 3.05) is 0 Å². The Bertz CT molecular complexity index is 3600. The van der Waals surface area contributed by atoms with Crippen LogP contribution in [0.2, 0.25) is 0 Å². The van der Waals surface area contributed by atoms with Gasteiger partial charge in [-0.05, 0) is 72.8 Å². The molecule has 5 aromatic heterocycles. The first-order chi connectivity index (χ1) is 27.4. The zero-order valence-corrected chi connectivity index (χ0v) is 29.3. The number of para-hydroxylation sites is 4. The van der Waals surface area contributed by atoms with Crippen LogP contribution in [-0.4, -0.2) is 14.1 Å². The monoisotopic (exact) mass is 733 g/mol. The summed E-state index contributed by atoms with van der Waals surface area (Å²) in [5.74, 6) is 0. The maximum absolute atomic E-state index is 14.7. The lowest BCUT2D eigenvalue weighted by Gasteiger charge is -2.19. The number of hydrogen-bond acceptors (Lipinski definition) is 3. The van der Waals surface area contributed by atoms with Crippen LogP contribution in [0.15, 0.2) is 167 Å². The van der Waals surface area contributed by atoms with Gasteiger partial charge in [0, 0.05) is 55.8 Å². The summed E-state index contributed by atoms with van der Waals surface area (Å²) in [6, 6.07) is 46.0. The summed E-state index contributed by atoms with van der Waals surface area (Å²) in [6.45, 7) is 0. The zero-order chi connectivity index (χ0) is 37.3. The Morgan fingerprint density at radius 1 is 0.446 bits per heavy atom. The Hall–Kier alpha value is -7.32. The Morgan fingerprint density at radius 2 is 0.946 bits per heavy atom. The zero-order valence-electron chi connectivity index (χ0n) is 29.3. The summed E-state index contributed by atoms with van der Waals surface area (Å²) >= 11 is 0. The standard InChI is InChI=1S/C48H26F3N3O2/c49-48(50,51)27-17-20-38(53-36-13-5-1-11-32(36)44-40(53)21-18-30-28-9-3-7-15-42(28)55-46(30)44)34(25-27)35-26-52-24-23-39(35)54-37-14-6-2-12-33(37)45-41(54)22-19-31-29-10-4-8-16-43(29)56-47(31)45/h1-26H. The van der Waals surface area contributed by atoms with E-state index in [0.717, 1.165) is 93.6 Å². The third kappa shape index (κ3) is 4.18. The topological polar surface area (TPSA) is 49.0 Å². The lowest BCUT2D eigenvalue weighted by Crippen LogP contribution is -2.08. The maximum atomic E-state index is 14.7. The molecule has 0 saturated carbocycles. The van der Waals surface area contributed by atoms with Gasteiger partial charge in [0.25, 0.3) is 0 Å². The lowest BCUT2D eigenvalue weighted by molar-refractivity contribution is -0.137. The largest absolute Gasteiger partial charge is 0.455 e. The fourth-order valence-electron chi connectivity index (χ4n) is 8.90. The van der Waals surface area contributed by atoms with Gasteiger partial charge in [-0.15, -0.1) is 0 Å². The highest BCUT2D eigenvalue weighted by Gasteiger charge is 2.32. The fourth-order valence-corrected chi connectivity index (χ4v) is 8.90. The summed E-state index contributed by atoms with van der Waals surface area (Å²) in [5, 5.41) is 7.72. The molecule has 0 aliphatic heterocycles. The molecule has 12 rings (SSSR count). The minimum atomic E-state index is -4.59. The molecule has 0 amide bonds. The van der Waals surface area contributed by atoms with Crippen molar-refractivity contribution < 1.29 is 22.0 Å². The molecule has 0 fully saturated rings. The summed E-state index contributed by atoms with van der Waals surface area (Å²) in [5.41, 5.74) is 7.89. The number of aromatic nitrogens is 3. The molecule has 12 aromatic rings. The van der Waals surface area contributed by atoms with Crippen molar-refractivity contribution in [2.24, 2.45) is 0 Å². The van der Waals surface area contributed by atoms with E-state index in [-0.39, 0.29) is 0 Å². The minimum absolute atomic E-state index is 0.381. The van der Waals surface area contributed by atoms with E-state index in [1.54, 1.807) is 18.5 Å². The first-order valence-corrected chi connectivity index (χ1v) is 18.3. The number of hydrogen-bond donors (Lipinski definition) is 0. The molecule has 0 spiro atoms. The number of nitrogens with zero attached hydrogens (tertiary/aromatic N) is 3. The third-order valence-corrected chi connectivity index (χ3v) is 11.3. The van der Waals surface area contributed by atoms with Crippen LogP contribution in [0.5, 0.6) is 0 Å². The van der Waals surface area contributed by atoms with E-state index in [1.807, 2.05) is 108 Å². The molecule has 0 saturated heterocycles. The van der Waals surface area contributed by atoms with E-state index in [1.165, 1.54) is 6.07 Å². The molecule has 5 nitrogen and oxygen atoms in total. The first kappa shape index (κ1) is 31.1. The maximum Gasteiger partial charge on any atom is 0.416 e. The number of halogens is 3. The smallest absolute Gasteiger partial charge is 0.416 e. The molecule has 5 heterocycles. The highest BCUT2D eigenvalue weighted by molar-refractivity contribution is 6.25. The Kier molecular flexibility index (Phi) is 6.17. The summed E-state index contributed by atoms with van der Waals surface area (Å²) in [7, 11) is 0. The molecule has 0 bridgehead atoms. The summed E-state index contributed by atoms with van der Waals surface area (Å²) < 4.78 is 61.4. The Morgan fingerprint density at radius 3 is 1.50 bits per heavy atom. The second-order valence-electron chi connectivity index (χ2n) is 14.2. The van der Waals surface area contributed by atoms with Crippen LogP contribution in [0.4, 0.5) is 13.2 Å². The molecule has 7 aromatic carbocycles. The molecular formula is C48H26F3N3O2. The summed E-state index contributed by atoms with van der Waals surface area (Å²) in [6.07, 6.45) is -1.23. The molecular weight excluding hydrogens is 708 g/mol. The molecule has 0 aliphatic carbocycles. The average Bonchev–Trinajstić information content (AvgIpc) is 3.97. The van der Waals surface area contributed by atoms with E-state index in [2.05, 4.69) is 33.8 Å². The number of pyridine rings is 1. The summed E-state index contributed by atoms with van der Waals surface area (Å²) in [4.78, 5) is 4.54.